The number of hydrogen-bond acceptors (Lipinski definition) is 3. The number of hydrogen-bond donors (Lipinski definition) is 2. The highest BCUT2D eigenvalue weighted by molar-refractivity contribution is 6.30. The topological polar surface area (TPSA) is 44.4 Å². The number of nitrogens with one attached hydrogen (secondary N) is 2. The molecule has 0 unspecified atom stereocenters. The number of carbonyl (C=O) groups is 1. The Bertz CT molecular complexity index is 697. The number of amides is 1. The van der Waals surface area contributed by atoms with Gasteiger partial charge in [-0.15, -0.1) is 0 Å². The monoisotopic (exact) mass is 359 g/mol. The Balaban J connectivity index is 1.81. The van der Waals surface area contributed by atoms with Gasteiger partial charge in [-0.1, -0.05) is 11.6 Å². The largest absolute Gasteiger partial charge is 0.385 e. The molecule has 1 amide bonds. The molecule has 0 aromatic heterocycles. The van der Waals surface area contributed by atoms with Crippen molar-refractivity contribution in [1.82, 2.24) is 0 Å². The van der Waals surface area contributed by atoms with Crippen LogP contribution in [0.5, 0.6) is 0 Å². The molecular weight excluding hydrogens is 334 g/mol. The molecule has 0 aliphatic rings. The maximum absolute atomic E-state index is 12.1. The van der Waals surface area contributed by atoms with Crippen LogP contribution in [-0.4, -0.2) is 25.5 Å². The Hall–Kier alpha value is -2.20. The van der Waals surface area contributed by atoms with Crippen LogP contribution in [-0.2, 0) is 4.79 Å². The van der Waals surface area contributed by atoms with E-state index in [1.807, 2.05) is 19.1 Å². The number of rotatable bonds is 8. The van der Waals surface area contributed by atoms with Crippen LogP contribution in [0, 0.1) is 6.92 Å². The Labute approximate surface area is 155 Å². The summed E-state index contributed by atoms with van der Waals surface area (Å²) in [6, 6.07) is 13.8. The summed E-state index contributed by atoms with van der Waals surface area (Å²) in [7, 11) is 0. The first-order valence-corrected chi connectivity index (χ1v) is 9.06. The third-order valence-electron chi connectivity index (χ3n) is 4.14. The van der Waals surface area contributed by atoms with Crippen molar-refractivity contribution in [3.63, 3.8) is 0 Å². The number of nitrogens with zero attached hydrogens (tertiary/aromatic N) is 1. The SMILES string of the molecule is CCN(CC)c1ccc(NCCC(=O)Nc2ccc(Cl)cc2C)cc1. The fraction of sp³-hybridized carbons (Fsp3) is 0.350. The Morgan fingerprint density at radius 3 is 2.36 bits per heavy atom. The highest BCUT2D eigenvalue weighted by atomic mass is 35.5. The molecule has 0 aliphatic heterocycles. The van der Waals surface area contributed by atoms with E-state index in [2.05, 4.69) is 53.6 Å². The van der Waals surface area contributed by atoms with Gasteiger partial charge in [-0.3, -0.25) is 4.79 Å². The van der Waals surface area contributed by atoms with Crippen LogP contribution in [0.4, 0.5) is 17.1 Å². The fourth-order valence-electron chi connectivity index (χ4n) is 2.68. The lowest BCUT2D eigenvalue weighted by Gasteiger charge is -2.21. The van der Waals surface area contributed by atoms with Crippen molar-refractivity contribution >= 4 is 34.6 Å². The first kappa shape index (κ1) is 19.1. The van der Waals surface area contributed by atoms with Gasteiger partial charge in [-0.05, 0) is 68.8 Å². The van der Waals surface area contributed by atoms with Crippen molar-refractivity contribution in [3.8, 4) is 0 Å². The van der Waals surface area contributed by atoms with Gasteiger partial charge < -0.3 is 15.5 Å². The molecule has 2 rings (SSSR count). The van der Waals surface area contributed by atoms with Crippen LogP contribution >= 0.6 is 11.6 Å². The predicted molar refractivity (Wildman–Crippen MR) is 108 cm³/mol. The van der Waals surface area contributed by atoms with Gasteiger partial charge in [0, 0.05) is 48.1 Å². The maximum atomic E-state index is 12.1. The van der Waals surface area contributed by atoms with Gasteiger partial charge in [0.1, 0.15) is 0 Å². The first-order valence-electron chi connectivity index (χ1n) is 8.68. The summed E-state index contributed by atoms with van der Waals surface area (Å²) < 4.78 is 0. The van der Waals surface area contributed by atoms with Gasteiger partial charge in [-0.25, -0.2) is 0 Å². The van der Waals surface area contributed by atoms with Gasteiger partial charge in [-0.2, -0.15) is 0 Å². The first-order chi connectivity index (χ1) is 12.0. The van der Waals surface area contributed by atoms with Crippen molar-refractivity contribution in [1.29, 1.82) is 0 Å². The van der Waals surface area contributed by atoms with E-state index in [9.17, 15) is 4.79 Å². The molecule has 0 atom stereocenters. The van der Waals surface area contributed by atoms with E-state index in [-0.39, 0.29) is 5.91 Å². The number of aryl methyl sites for hydroxylation is 1. The van der Waals surface area contributed by atoms with Gasteiger partial charge in [0.15, 0.2) is 0 Å². The minimum atomic E-state index is -0.0160. The van der Waals surface area contributed by atoms with Crippen molar-refractivity contribution in [2.45, 2.75) is 27.2 Å². The zero-order valence-electron chi connectivity index (χ0n) is 15.1. The van der Waals surface area contributed by atoms with E-state index in [1.54, 1.807) is 6.07 Å². The third kappa shape index (κ3) is 5.68. The molecule has 0 saturated carbocycles. The van der Waals surface area contributed by atoms with E-state index in [1.165, 1.54) is 5.69 Å². The van der Waals surface area contributed by atoms with Crippen molar-refractivity contribution < 1.29 is 4.79 Å². The zero-order chi connectivity index (χ0) is 18.2. The Morgan fingerprint density at radius 1 is 1.08 bits per heavy atom. The quantitative estimate of drug-likeness (QED) is 0.702. The third-order valence-corrected chi connectivity index (χ3v) is 4.37. The average molecular weight is 360 g/mol. The van der Waals surface area contributed by atoms with Crippen LogP contribution in [0.2, 0.25) is 5.02 Å². The highest BCUT2D eigenvalue weighted by Crippen LogP contribution is 2.20. The van der Waals surface area contributed by atoms with Gasteiger partial charge in [0.25, 0.3) is 0 Å². The van der Waals surface area contributed by atoms with E-state index in [0.29, 0.717) is 18.0 Å². The van der Waals surface area contributed by atoms with Crippen LogP contribution in [0.25, 0.3) is 0 Å². The molecule has 0 radical (unpaired) electrons. The lowest BCUT2D eigenvalue weighted by atomic mass is 10.2. The average Bonchev–Trinajstić information content (AvgIpc) is 2.60. The molecule has 0 bridgehead atoms. The molecule has 2 N–H and O–H groups in total. The van der Waals surface area contributed by atoms with E-state index in [0.717, 1.165) is 30.0 Å². The predicted octanol–water partition coefficient (Wildman–Crippen LogP) is 4.94. The van der Waals surface area contributed by atoms with Gasteiger partial charge in [0.2, 0.25) is 5.91 Å². The summed E-state index contributed by atoms with van der Waals surface area (Å²) >= 11 is 5.93. The molecule has 4 nitrogen and oxygen atoms in total. The molecule has 0 fully saturated rings. The fourth-order valence-corrected chi connectivity index (χ4v) is 2.91. The molecule has 25 heavy (non-hydrogen) atoms. The summed E-state index contributed by atoms with van der Waals surface area (Å²) in [5, 5.41) is 6.88. The molecular formula is C20H26ClN3O. The normalized spacial score (nSPS) is 10.4. The molecule has 2 aromatic carbocycles. The molecule has 5 heteroatoms. The second-order valence-corrected chi connectivity index (χ2v) is 6.34. The minimum Gasteiger partial charge on any atom is -0.385 e. The molecule has 0 aliphatic carbocycles. The van der Waals surface area contributed by atoms with Crippen LogP contribution < -0.4 is 15.5 Å². The lowest BCUT2D eigenvalue weighted by molar-refractivity contribution is -0.115. The highest BCUT2D eigenvalue weighted by Gasteiger charge is 2.06. The minimum absolute atomic E-state index is 0.0160. The number of benzene rings is 2. The summed E-state index contributed by atoms with van der Waals surface area (Å²) in [5.41, 5.74) is 4.00. The Morgan fingerprint density at radius 2 is 1.76 bits per heavy atom. The van der Waals surface area contributed by atoms with Crippen molar-refractivity contribution in [2.75, 3.05) is 35.2 Å². The summed E-state index contributed by atoms with van der Waals surface area (Å²) in [6.45, 7) is 8.80. The van der Waals surface area contributed by atoms with Crippen LogP contribution in [0.3, 0.4) is 0 Å². The standard InChI is InChI=1S/C20H26ClN3O/c1-4-24(5-2)18-9-7-17(8-10-18)22-13-12-20(25)23-19-11-6-16(21)14-15(19)3/h6-11,14,22H,4-5,12-13H2,1-3H3,(H,23,25). The summed E-state index contributed by atoms with van der Waals surface area (Å²) in [5.74, 6) is -0.0160. The molecule has 2 aromatic rings. The zero-order valence-corrected chi connectivity index (χ0v) is 15.9. The van der Waals surface area contributed by atoms with Gasteiger partial charge in [0.05, 0.1) is 0 Å². The summed E-state index contributed by atoms with van der Waals surface area (Å²) in [4.78, 5) is 14.4. The number of halogens is 1. The van der Waals surface area contributed by atoms with Crippen LogP contribution in [0.15, 0.2) is 42.5 Å². The van der Waals surface area contributed by atoms with Crippen molar-refractivity contribution in [2.24, 2.45) is 0 Å². The number of carbonyl (C=O) groups excluding carboxylic acids is 1. The van der Waals surface area contributed by atoms with Gasteiger partial charge >= 0.3 is 0 Å². The molecule has 0 saturated heterocycles. The maximum Gasteiger partial charge on any atom is 0.226 e. The van der Waals surface area contributed by atoms with E-state index < -0.39 is 0 Å². The molecule has 134 valence electrons. The smallest absolute Gasteiger partial charge is 0.226 e. The van der Waals surface area contributed by atoms with Crippen molar-refractivity contribution in [3.05, 3.63) is 53.1 Å². The second kappa shape index (κ2) is 9.33. The molecule has 0 spiro atoms. The molecule has 0 heterocycles. The van der Waals surface area contributed by atoms with E-state index >= 15 is 0 Å². The summed E-state index contributed by atoms with van der Waals surface area (Å²) in [6.07, 6.45) is 0.403. The Kier molecular flexibility index (Phi) is 7.14. The lowest BCUT2D eigenvalue weighted by Crippen LogP contribution is -2.21. The van der Waals surface area contributed by atoms with E-state index in [4.69, 9.17) is 11.6 Å². The number of anilines is 3. The van der Waals surface area contributed by atoms with Crippen LogP contribution in [0.1, 0.15) is 25.8 Å². The second-order valence-electron chi connectivity index (χ2n) is 5.90.